The molecule has 2 rings (SSSR count). The van der Waals surface area contributed by atoms with Crippen molar-refractivity contribution in [3.63, 3.8) is 0 Å². The second-order valence-electron chi connectivity index (χ2n) is 3.93. The molecule has 1 amide bonds. The summed E-state index contributed by atoms with van der Waals surface area (Å²) in [6.07, 6.45) is 0.347. The number of amides is 1. The Morgan fingerprint density at radius 3 is 2.87 bits per heavy atom. The van der Waals surface area contributed by atoms with Crippen molar-refractivity contribution < 1.29 is 9.53 Å². The van der Waals surface area contributed by atoms with Crippen LogP contribution in [0.3, 0.4) is 0 Å². The van der Waals surface area contributed by atoms with Gasteiger partial charge in [0.05, 0.1) is 12.1 Å². The SMILES string of the molecule is CC1(c2ccccc2N)CCOC(=O)N1. The molecule has 1 aliphatic heterocycles. The fourth-order valence-electron chi connectivity index (χ4n) is 1.87. The molecule has 1 unspecified atom stereocenters. The summed E-state index contributed by atoms with van der Waals surface area (Å²) in [6, 6.07) is 7.56. The maximum Gasteiger partial charge on any atom is 0.407 e. The Balaban J connectivity index is 2.36. The second-order valence-corrected chi connectivity index (χ2v) is 3.93. The Morgan fingerprint density at radius 1 is 1.47 bits per heavy atom. The Labute approximate surface area is 88.4 Å². The molecule has 1 saturated heterocycles. The molecule has 3 N–H and O–H groups in total. The highest BCUT2D eigenvalue weighted by molar-refractivity contribution is 5.70. The maximum absolute atomic E-state index is 11.2. The molecule has 4 nitrogen and oxygen atoms in total. The van der Waals surface area contributed by atoms with Crippen LogP contribution in [-0.2, 0) is 10.3 Å². The number of nitrogens with one attached hydrogen (secondary N) is 1. The van der Waals surface area contributed by atoms with Gasteiger partial charge in [-0.05, 0) is 13.0 Å². The largest absolute Gasteiger partial charge is 0.449 e. The molecule has 0 radical (unpaired) electrons. The van der Waals surface area contributed by atoms with E-state index in [4.69, 9.17) is 10.5 Å². The van der Waals surface area contributed by atoms with E-state index in [1.807, 2.05) is 31.2 Å². The minimum absolute atomic E-state index is 0.382. The Bertz CT molecular complexity index is 392. The van der Waals surface area contributed by atoms with Crippen LogP contribution in [0.2, 0.25) is 0 Å². The van der Waals surface area contributed by atoms with Gasteiger partial charge in [-0.25, -0.2) is 4.79 Å². The van der Waals surface area contributed by atoms with E-state index in [-0.39, 0.29) is 6.09 Å². The van der Waals surface area contributed by atoms with E-state index in [1.165, 1.54) is 0 Å². The van der Waals surface area contributed by atoms with E-state index in [1.54, 1.807) is 0 Å². The summed E-state index contributed by atoms with van der Waals surface area (Å²) < 4.78 is 4.84. The number of hydrogen-bond acceptors (Lipinski definition) is 3. The molecule has 80 valence electrons. The van der Waals surface area contributed by atoms with Gasteiger partial charge in [0, 0.05) is 17.7 Å². The van der Waals surface area contributed by atoms with Gasteiger partial charge < -0.3 is 15.8 Å². The molecule has 0 spiro atoms. The van der Waals surface area contributed by atoms with Crippen molar-refractivity contribution >= 4 is 11.8 Å². The third-order valence-electron chi connectivity index (χ3n) is 2.77. The van der Waals surface area contributed by atoms with Crippen molar-refractivity contribution in [1.82, 2.24) is 5.32 Å². The molecular weight excluding hydrogens is 192 g/mol. The number of hydrogen-bond donors (Lipinski definition) is 2. The van der Waals surface area contributed by atoms with Gasteiger partial charge in [0.2, 0.25) is 0 Å². The third kappa shape index (κ3) is 1.75. The molecular formula is C11H14N2O2. The summed E-state index contributed by atoms with van der Waals surface area (Å²) in [4.78, 5) is 11.2. The molecule has 1 aliphatic rings. The summed E-state index contributed by atoms with van der Waals surface area (Å²) in [5, 5.41) is 2.81. The topological polar surface area (TPSA) is 64.3 Å². The van der Waals surface area contributed by atoms with Crippen molar-refractivity contribution in [2.75, 3.05) is 12.3 Å². The number of para-hydroxylation sites is 1. The molecule has 0 aliphatic carbocycles. The van der Waals surface area contributed by atoms with E-state index < -0.39 is 5.54 Å². The zero-order valence-corrected chi connectivity index (χ0v) is 8.62. The monoisotopic (exact) mass is 206 g/mol. The predicted molar refractivity (Wildman–Crippen MR) is 57.3 cm³/mol. The highest BCUT2D eigenvalue weighted by Crippen LogP contribution is 2.31. The van der Waals surface area contributed by atoms with Crippen molar-refractivity contribution in [2.45, 2.75) is 18.9 Å². The van der Waals surface area contributed by atoms with Crippen LogP contribution in [0.25, 0.3) is 0 Å². The lowest BCUT2D eigenvalue weighted by Gasteiger charge is -2.35. The van der Waals surface area contributed by atoms with E-state index >= 15 is 0 Å². The zero-order valence-electron chi connectivity index (χ0n) is 8.62. The second kappa shape index (κ2) is 3.46. The molecule has 15 heavy (non-hydrogen) atoms. The Morgan fingerprint density at radius 2 is 2.20 bits per heavy atom. The number of nitrogens with two attached hydrogens (primary N) is 1. The van der Waals surface area contributed by atoms with Gasteiger partial charge in [-0.1, -0.05) is 18.2 Å². The number of benzene rings is 1. The van der Waals surface area contributed by atoms with E-state index in [0.29, 0.717) is 12.3 Å². The van der Waals surface area contributed by atoms with Crippen LogP contribution in [0.5, 0.6) is 0 Å². The zero-order chi connectivity index (χ0) is 10.9. The van der Waals surface area contributed by atoms with Crippen LogP contribution in [-0.4, -0.2) is 12.7 Å². The van der Waals surface area contributed by atoms with Gasteiger partial charge in [-0.2, -0.15) is 0 Å². The fourth-order valence-corrected chi connectivity index (χ4v) is 1.87. The predicted octanol–water partition coefficient (Wildman–Crippen LogP) is 1.61. The summed E-state index contributed by atoms with van der Waals surface area (Å²) in [5.74, 6) is 0. The summed E-state index contributed by atoms with van der Waals surface area (Å²) in [6.45, 7) is 2.38. The first-order chi connectivity index (χ1) is 7.12. The van der Waals surface area contributed by atoms with Crippen molar-refractivity contribution in [3.8, 4) is 0 Å². The van der Waals surface area contributed by atoms with Crippen LogP contribution in [0.4, 0.5) is 10.5 Å². The molecule has 0 saturated carbocycles. The van der Waals surface area contributed by atoms with Crippen LogP contribution in [0.1, 0.15) is 18.9 Å². The number of cyclic esters (lactones) is 1. The average Bonchev–Trinajstić information content (AvgIpc) is 2.17. The minimum Gasteiger partial charge on any atom is -0.449 e. The molecule has 0 aromatic heterocycles. The van der Waals surface area contributed by atoms with Crippen molar-refractivity contribution in [2.24, 2.45) is 0 Å². The third-order valence-corrected chi connectivity index (χ3v) is 2.77. The smallest absolute Gasteiger partial charge is 0.407 e. The lowest BCUT2D eigenvalue weighted by Crippen LogP contribution is -2.49. The number of nitrogen functional groups attached to an aromatic ring is 1. The number of alkyl carbamates (subject to hydrolysis) is 1. The van der Waals surface area contributed by atoms with Crippen LogP contribution >= 0.6 is 0 Å². The normalized spacial score (nSPS) is 25.5. The lowest BCUT2D eigenvalue weighted by atomic mass is 9.87. The Kier molecular flexibility index (Phi) is 2.26. The lowest BCUT2D eigenvalue weighted by molar-refractivity contribution is 0.0919. The first kappa shape index (κ1) is 9.83. The van der Waals surface area contributed by atoms with Crippen LogP contribution in [0, 0.1) is 0 Å². The summed E-state index contributed by atoms with van der Waals surface area (Å²) in [5.41, 5.74) is 7.12. The van der Waals surface area contributed by atoms with Gasteiger partial charge in [-0.15, -0.1) is 0 Å². The van der Waals surface area contributed by atoms with Gasteiger partial charge in [0.25, 0.3) is 0 Å². The maximum atomic E-state index is 11.2. The molecule has 1 aromatic carbocycles. The molecule has 1 aromatic rings. The summed E-state index contributed by atoms with van der Waals surface area (Å²) in [7, 11) is 0. The van der Waals surface area contributed by atoms with E-state index in [0.717, 1.165) is 12.0 Å². The first-order valence-corrected chi connectivity index (χ1v) is 4.92. The van der Waals surface area contributed by atoms with E-state index in [2.05, 4.69) is 5.32 Å². The van der Waals surface area contributed by atoms with Gasteiger partial charge in [0.1, 0.15) is 0 Å². The number of rotatable bonds is 1. The molecule has 1 heterocycles. The summed E-state index contributed by atoms with van der Waals surface area (Å²) >= 11 is 0. The van der Waals surface area contributed by atoms with Crippen molar-refractivity contribution in [3.05, 3.63) is 29.8 Å². The first-order valence-electron chi connectivity index (χ1n) is 4.92. The Hall–Kier alpha value is -1.71. The molecule has 1 fully saturated rings. The standard InChI is InChI=1S/C11H14N2O2/c1-11(6-7-15-10(14)13-11)8-4-2-3-5-9(8)12/h2-5H,6-7,12H2,1H3,(H,13,14). The number of ether oxygens (including phenoxy) is 1. The van der Waals surface area contributed by atoms with Gasteiger partial charge in [-0.3, -0.25) is 0 Å². The quantitative estimate of drug-likeness (QED) is 0.686. The van der Waals surface area contributed by atoms with Crippen LogP contribution < -0.4 is 11.1 Å². The van der Waals surface area contributed by atoms with Gasteiger partial charge >= 0.3 is 6.09 Å². The highest BCUT2D eigenvalue weighted by Gasteiger charge is 2.34. The number of carbonyl (C=O) groups excluding carboxylic acids is 1. The van der Waals surface area contributed by atoms with Crippen LogP contribution in [0.15, 0.2) is 24.3 Å². The highest BCUT2D eigenvalue weighted by atomic mass is 16.6. The van der Waals surface area contributed by atoms with E-state index in [9.17, 15) is 4.79 Å². The average molecular weight is 206 g/mol. The number of anilines is 1. The van der Waals surface area contributed by atoms with Crippen molar-refractivity contribution in [1.29, 1.82) is 0 Å². The number of carbonyl (C=O) groups is 1. The molecule has 4 heteroatoms. The molecule has 0 bridgehead atoms. The fraction of sp³-hybridized carbons (Fsp3) is 0.364. The molecule has 1 atom stereocenters. The minimum atomic E-state index is -0.416. The van der Waals surface area contributed by atoms with Gasteiger partial charge in [0.15, 0.2) is 0 Å².